The second-order valence-electron chi connectivity index (χ2n) is 28.6. The van der Waals surface area contributed by atoms with Crippen LogP contribution in [0.1, 0.15) is 113 Å². The Morgan fingerprint density at radius 2 is 1.52 bits per heavy atom. The van der Waals surface area contributed by atoms with E-state index in [1.165, 1.54) is 34.5 Å². The predicted molar refractivity (Wildman–Crippen MR) is 355 cm³/mol. The number of amides is 6. The molecule has 7 aliphatic carbocycles. The molecule has 1 saturated heterocycles. The maximum absolute atomic E-state index is 14.5. The number of allylic oxidation sites excluding steroid dienone is 4. The lowest BCUT2D eigenvalue weighted by Crippen LogP contribution is -2.72. The number of aliphatic carboxylic acids is 1. The number of hydrogen-bond donors (Lipinski definition) is 7. The van der Waals surface area contributed by atoms with Crippen LogP contribution in [0.15, 0.2) is 121 Å². The Kier molecular flexibility index (Phi) is 18.1. The molecule has 6 amide bonds. The Labute approximate surface area is 566 Å². The molecule has 5 aromatic rings. The number of nitrogens with zero attached hydrogens (tertiary/aromatic N) is 5. The van der Waals surface area contributed by atoms with E-state index >= 15 is 0 Å². The van der Waals surface area contributed by atoms with E-state index in [2.05, 4.69) is 50.4 Å². The maximum atomic E-state index is 14.5. The van der Waals surface area contributed by atoms with E-state index < -0.39 is 102 Å². The number of carboxylic acid groups (broad SMARTS) is 1. The summed E-state index contributed by atoms with van der Waals surface area (Å²) in [4.78, 5) is 125. The van der Waals surface area contributed by atoms with Crippen molar-refractivity contribution < 1.29 is 72.3 Å². The van der Waals surface area contributed by atoms with Crippen LogP contribution in [0.2, 0.25) is 0 Å². The monoisotopic (exact) mass is 1340 g/mol. The molecule has 7 fully saturated rings. The van der Waals surface area contributed by atoms with Gasteiger partial charge in [0.15, 0.2) is 23.5 Å². The number of benzene rings is 4. The lowest BCUT2D eigenvalue weighted by molar-refractivity contribution is -0.201. The van der Waals surface area contributed by atoms with Crippen molar-refractivity contribution in [3.63, 3.8) is 0 Å². The number of aliphatic hydroxyl groups excluding tert-OH is 1. The lowest BCUT2D eigenvalue weighted by Gasteiger charge is -2.69. The van der Waals surface area contributed by atoms with Gasteiger partial charge in [-0.15, -0.1) is 0 Å². The molecule has 6 saturated carbocycles. The summed E-state index contributed by atoms with van der Waals surface area (Å²) in [5.41, 5.74) is 11.3. The van der Waals surface area contributed by atoms with E-state index in [-0.39, 0.29) is 98.0 Å². The van der Waals surface area contributed by atoms with Crippen molar-refractivity contribution in [2.45, 2.75) is 140 Å². The number of carbonyl (C=O) groups is 9. The van der Waals surface area contributed by atoms with Crippen molar-refractivity contribution >= 4 is 64.7 Å². The van der Waals surface area contributed by atoms with Crippen LogP contribution in [0.3, 0.4) is 0 Å². The topological polar surface area (TPSA) is 344 Å². The highest BCUT2D eigenvalue weighted by Gasteiger charge is 2.76. The molecule has 514 valence electrons. The van der Waals surface area contributed by atoms with Crippen molar-refractivity contribution in [1.29, 1.82) is 0 Å². The molecule has 1 aromatic heterocycles. The molecule has 9 aliphatic rings. The number of rotatable bonds is 22. The number of hydrogen-bond acceptors (Lipinski definition) is 17. The molecule has 4 aromatic carbocycles. The third-order valence-corrected chi connectivity index (χ3v) is 22.2. The predicted octanol–water partition coefficient (Wildman–Crippen LogP) is 7.24. The van der Waals surface area contributed by atoms with Crippen molar-refractivity contribution in [3.8, 4) is 22.5 Å². The first kappa shape index (κ1) is 67.2. The number of ketones is 2. The van der Waals surface area contributed by atoms with Crippen LogP contribution in [0.4, 0.5) is 21.0 Å². The Morgan fingerprint density at radius 3 is 2.23 bits per heavy atom. The van der Waals surface area contributed by atoms with Crippen LogP contribution in [-0.4, -0.2) is 159 Å². The molecule has 8 N–H and O–H groups in total. The minimum absolute atomic E-state index is 0.00700. The second-order valence-corrected chi connectivity index (χ2v) is 28.6. The number of aromatic nitrogens is 3. The first-order valence-electron chi connectivity index (χ1n) is 33.6. The number of aliphatic hydroxyl groups is 1. The summed E-state index contributed by atoms with van der Waals surface area (Å²) in [7, 11) is 3.09. The number of H-pyrrole nitrogens is 1. The molecular formula is C73H82N10O15. The van der Waals surface area contributed by atoms with Gasteiger partial charge in [0.2, 0.25) is 23.6 Å². The minimum atomic E-state index is -1.56. The summed E-state index contributed by atoms with van der Waals surface area (Å²) in [5.74, 6) is -4.77. The number of Topliss-reactive ketones (excluding diaryl/α,β-unsaturated/α-hetero) is 1. The van der Waals surface area contributed by atoms with E-state index in [0.29, 0.717) is 47.5 Å². The fourth-order valence-corrected chi connectivity index (χ4v) is 17.6. The van der Waals surface area contributed by atoms with Gasteiger partial charge in [0.25, 0.3) is 0 Å². The number of carboxylic acids is 1. The van der Waals surface area contributed by atoms with Crippen LogP contribution >= 0.6 is 0 Å². The van der Waals surface area contributed by atoms with Crippen molar-refractivity contribution in [1.82, 2.24) is 35.8 Å². The number of ether oxygens (including phenoxy) is 4. The van der Waals surface area contributed by atoms with E-state index in [1.807, 2.05) is 61.5 Å². The van der Waals surface area contributed by atoms with Crippen LogP contribution < -0.4 is 26.6 Å². The fourth-order valence-electron chi connectivity index (χ4n) is 17.6. The standard InChI is InChI=1S/C73H82N10O15/c1-69-28-27-48(85)31-46(69)19-22-50-52-32-57-73(56(86)37-84,98-66(97-57)44-17-13-42(14-18-44)33-71-39-72(74,40-71)41-71)70(52,2)34-55(62(50)69)96-68(94)82(4)30-29-81(3)67(93)95-38-43-15-20-47(21-16-43)76-65(92)53(23-26-61(90)91)77-59(88)35-75-58(87)24-25-60(89)83-36-45-9-5-6-10-49(45)63-64(79-80-78-63)51-11-7-8-12-54(51)83/h5-18,20-21,27-28,31,50,52-53,55,57,62,66,84H,19,22-26,29-30,32-41,74H2,1-4H3,(H,75,87)(H,76,92)(H,77,88)(H,90,91)(H,78,79,80)/t50-,52-,53-,55-,57+,62+,66+,69-,70-,71?,72?,73+/m0/s1. The summed E-state index contributed by atoms with van der Waals surface area (Å²) < 4.78 is 26.0. The van der Waals surface area contributed by atoms with E-state index in [9.17, 15) is 53.4 Å². The zero-order chi connectivity index (χ0) is 69.1. The SMILES string of the molecule is CN(CCN(C)C(=O)O[C@H]1C[C@@]2(C)[C@@H](C[C@H]3O[C@@H](c4ccc(CC56CC(N)(C5)C6)cc4)O[C@]32C(=O)CO)[C@@H]2CCC3=CC(=O)C=C[C@]3(C)[C@H]21)C(=O)OCc1ccc(NC(=O)[C@H](CCC(=O)O)NC(=O)CNC(=O)CCC(=O)N2Cc3ccccc3-c3n[nH]nc3-c3ccccc32)cc1. The number of aromatic amines is 1. The van der Waals surface area contributed by atoms with E-state index in [1.54, 1.807) is 48.4 Å². The average Bonchev–Trinajstić information content (AvgIpc) is 1.39. The smallest absolute Gasteiger partial charge is 0.409 e. The second kappa shape index (κ2) is 26.4. The molecule has 10 atom stereocenters. The summed E-state index contributed by atoms with van der Waals surface area (Å²) in [6.07, 6.45) is 6.33. The Morgan fingerprint density at radius 1 is 0.837 bits per heavy atom. The van der Waals surface area contributed by atoms with Gasteiger partial charge in [0.1, 0.15) is 36.7 Å². The van der Waals surface area contributed by atoms with Gasteiger partial charge in [-0.05, 0) is 122 Å². The molecule has 2 bridgehead atoms. The number of nitrogens with one attached hydrogen (secondary N) is 4. The molecule has 2 aliphatic heterocycles. The molecular weight excluding hydrogens is 1260 g/mol. The zero-order valence-corrected chi connectivity index (χ0v) is 55.3. The highest BCUT2D eigenvalue weighted by atomic mass is 16.7. The molecule has 3 heterocycles. The number of carbonyl (C=O) groups excluding carboxylic acids is 8. The number of nitrogens with two attached hydrogens (primary N) is 1. The van der Waals surface area contributed by atoms with Gasteiger partial charge < -0.3 is 65.5 Å². The first-order valence-corrected chi connectivity index (χ1v) is 33.6. The van der Waals surface area contributed by atoms with Crippen LogP contribution in [0, 0.1) is 34.0 Å². The fraction of sp³-hybridized carbons (Fsp3) is 0.466. The number of para-hydroxylation sites is 1. The Hall–Kier alpha value is -9.43. The molecule has 0 spiro atoms. The van der Waals surface area contributed by atoms with Gasteiger partial charge in [-0.3, -0.25) is 33.6 Å². The van der Waals surface area contributed by atoms with Crippen LogP contribution in [0.25, 0.3) is 22.5 Å². The zero-order valence-electron chi connectivity index (χ0n) is 55.3. The lowest BCUT2D eigenvalue weighted by atomic mass is 9.38. The van der Waals surface area contributed by atoms with Gasteiger partial charge >= 0.3 is 18.2 Å². The molecule has 14 rings (SSSR count). The molecule has 25 heteroatoms. The van der Waals surface area contributed by atoms with E-state index in [4.69, 9.17) is 24.7 Å². The summed E-state index contributed by atoms with van der Waals surface area (Å²) in [5, 5.41) is 39.4. The molecule has 0 unspecified atom stereocenters. The molecule has 0 radical (unpaired) electrons. The average molecular weight is 1340 g/mol. The Bertz CT molecular complexity index is 4060. The first-order chi connectivity index (χ1) is 46.9. The van der Waals surface area contributed by atoms with Gasteiger partial charge in [-0.1, -0.05) is 104 Å². The number of anilines is 2. The van der Waals surface area contributed by atoms with Crippen LogP contribution in [0.5, 0.6) is 0 Å². The highest BCUT2D eigenvalue weighted by molar-refractivity contribution is 6.03. The molecule has 98 heavy (non-hydrogen) atoms. The summed E-state index contributed by atoms with van der Waals surface area (Å²) >= 11 is 0. The van der Waals surface area contributed by atoms with E-state index in [0.717, 1.165) is 47.9 Å². The largest absolute Gasteiger partial charge is 0.481 e. The van der Waals surface area contributed by atoms with Gasteiger partial charge in [-0.2, -0.15) is 15.4 Å². The van der Waals surface area contributed by atoms with Gasteiger partial charge in [0.05, 0.1) is 24.9 Å². The van der Waals surface area contributed by atoms with Gasteiger partial charge in [0, 0.05) is 91.1 Å². The number of likely N-dealkylation sites (N-methyl/N-ethyl adjacent to an activating group) is 2. The molecule has 25 nitrogen and oxygen atoms in total. The highest BCUT2D eigenvalue weighted by Crippen LogP contribution is 2.71. The van der Waals surface area contributed by atoms with Crippen molar-refractivity contribution in [2.24, 2.45) is 39.7 Å². The normalized spacial score (nSPS) is 28.2. The third-order valence-electron chi connectivity index (χ3n) is 22.2. The Balaban J connectivity index is 0.587. The van der Waals surface area contributed by atoms with Crippen molar-refractivity contribution in [3.05, 3.63) is 143 Å². The number of fused-ring (bicyclic) bond motifs is 12. The van der Waals surface area contributed by atoms with Crippen LogP contribution in [-0.2, 0) is 72.1 Å². The summed E-state index contributed by atoms with van der Waals surface area (Å²) in [6.45, 7) is 2.88. The quantitative estimate of drug-likeness (QED) is 0.0359. The summed E-state index contributed by atoms with van der Waals surface area (Å²) in [6, 6.07) is 27.9. The third kappa shape index (κ3) is 12.6. The minimum Gasteiger partial charge on any atom is -0.481 e. The maximum Gasteiger partial charge on any atom is 0.409 e. The van der Waals surface area contributed by atoms with Crippen molar-refractivity contribution in [2.75, 3.05) is 50.6 Å². The van der Waals surface area contributed by atoms with Gasteiger partial charge in [-0.25, -0.2) is 9.59 Å².